The zero-order valence-corrected chi connectivity index (χ0v) is 12.2. The number of benzene rings is 1. The van der Waals surface area contributed by atoms with Crippen LogP contribution in [-0.4, -0.2) is 27.5 Å². The van der Waals surface area contributed by atoms with Gasteiger partial charge in [-0.2, -0.15) is 0 Å². The van der Waals surface area contributed by atoms with E-state index >= 15 is 0 Å². The van der Waals surface area contributed by atoms with Gasteiger partial charge in [0.2, 0.25) is 5.82 Å². The number of aromatic amines is 1. The third kappa shape index (κ3) is 1.90. The molecule has 0 amide bonds. The molecule has 0 aliphatic rings. The second kappa shape index (κ2) is 4.75. The Hall–Kier alpha value is -2.15. The summed E-state index contributed by atoms with van der Waals surface area (Å²) in [6.45, 7) is 2.02. The van der Waals surface area contributed by atoms with Gasteiger partial charge in [-0.3, -0.25) is 0 Å². The van der Waals surface area contributed by atoms with Gasteiger partial charge in [0.25, 0.3) is 0 Å². The molecule has 0 aliphatic carbocycles. The lowest BCUT2D eigenvalue weighted by Gasteiger charge is -2.01. The Morgan fingerprint density at radius 2 is 2.25 bits per heavy atom. The lowest BCUT2D eigenvalue weighted by molar-refractivity contribution is 0.0512. The van der Waals surface area contributed by atoms with Crippen molar-refractivity contribution in [3.8, 4) is 0 Å². The van der Waals surface area contributed by atoms with Gasteiger partial charge in [0.15, 0.2) is 0 Å². The van der Waals surface area contributed by atoms with E-state index in [0.29, 0.717) is 11.2 Å². The summed E-state index contributed by atoms with van der Waals surface area (Å²) in [7, 11) is 0. The van der Waals surface area contributed by atoms with E-state index in [4.69, 9.17) is 10.5 Å². The smallest absolute Gasteiger partial charge is 0.376 e. The fourth-order valence-electron chi connectivity index (χ4n) is 2.03. The molecule has 1 aromatic carbocycles. The number of esters is 1. The highest BCUT2D eigenvalue weighted by Gasteiger charge is 2.16. The van der Waals surface area contributed by atoms with Gasteiger partial charge in [0.1, 0.15) is 5.52 Å². The van der Waals surface area contributed by atoms with Crippen molar-refractivity contribution in [1.29, 1.82) is 0 Å². The number of nitrogen functional groups attached to an aromatic ring is 1. The largest absolute Gasteiger partial charge is 0.460 e. The minimum Gasteiger partial charge on any atom is -0.460 e. The van der Waals surface area contributed by atoms with Crippen LogP contribution in [0.1, 0.15) is 17.5 Å². The molecule has 0 saturated carbocycles. The summed E-state index contributed by atoms with van der Waals surface area (Å²) < 4.78 is 5.65. The van der Waals surface area contributed by atoms with Gasteiger partial charge in [0.05, 0.1) is 22.8 Å². The molecular formula is C13H11BrN4O2. The van der Waals surface area contributed by atoms with E-state index in [0.717, 1.165) is 20.9 Å². The molecule has 0 unspecified atom stereocenters. The molecule has 0 bridgehead atoms. The SMILES string of the molecule is CCOC(=O)c1ncc2[nH]c3ccc(N)c(Br)c3c2n1. The molecule has 20 heavy (non-hydrogen) atoms. The van der Waals surface area contributed by atoms with E-state index in [1.54, 1.807) is 19.2 Å². The maximum atomic E-state index is 11.7. The predicted octanol–water partition coefficient (Wildman–Crippen LogP) is 2.63. The van der Waals surface area contributed by atoms with Crippen LogP contribution >= 0.6 is 15.9 Å². The summed E-state index contributed by atoms with van der Waals surface area (Å²) in [5.74, 6) is -0.502. The zero-order chi connectivity index (χ0) is 14.3. The highest BCUT2D eigenvalue weighted by Crippen LogP contribution is 2.34. The van der Waals surface area contributed by atoms with E-state index in [2.05, 4.69) is 30.9 Å². The molecule has 3 N–H and O–H groups in total. The average molecular weight is 335 g/mol. The number of hydrogen-bond donors (Lipinski definition) is 2. The van der Waals surface area contributed by atoms with Gasteiger partial charge in [-0.15, -0.1) is 0 Å². The van der Waals surface area contributed by atoms with Crippen LogP contribution in [0.5, 0.6) is 0 Å². The topological polar surface area (TPSA) is 93.9 Å². The molecule has 3 rings (SSSR count). The third-order valence-electron chi connectivity index (χ3n) is 2.92. The highest BCUT2D eigenvalue weighted by atomic mass is 79.9. The van der Waals surface area contributed by atoms with Crippen LogP contribution in [0.25, 0.3) is 21.9 Å². The van der Waals surface area contributed by atoms with Crippen molar-refractivity contribution >= 4 is 49.5 Å². The lowest BCUT2D eigenvalue weighted by atomic mass is 10.2. The molecule has 2 heterocycles. The van der Waals surface area contributed by atoms with Crippen LogP contribution in [0.2, 0.25) is 0 Å². The number of ether oxygens (including phenoxy) is 1. The van der Waals surface area contributed by atoms with Crippen molar-refractivity contribution in [2.24, 2.45) is 0 Å². The van der Waals surface area contributed by atoms with Crippen LogP contribution in [0.15, 0.2) is 22.8 Å². The van der Waals surface area contributed by atoms with Crippen molar-refractivity contribution in [3.05, 3.63) is 28.6 Å². The minimum absolute atomic E-state index is 0.0366. The average Bonchev–Trinajstić information content (AvgIpc) is 2.81. The molecule has 6 nitrogen and oxygen atoms in total. The van der Waals surface area contributed by atoms with Gasteiger partial charge in [-0.05, 0) is 35.0 Å². The Balaban J connectivity index is 2.29. The molecule has 0 saturated heterocycles. The summed E-state index contributed by atoms with van der Waals surface area (Å²) in [6, 6.07) is 3.66. The predicted molar refractivity (Wildman–Crippen MR) is 79.5 cm³/mol. The summed E-state index contributed by atoms with van der Waals surface area (Å²) in [4.78, 5) is 23.2. The standard InChI is InChI=1S/C13H11BrN4O2/c1-2-20-13(19)12-16-5-8-11(18-12)9-7(17-8)4-3-6(15)10(9)14/h3-5,17H,2,15H2,1H3. The van der Waals surface area contributed by atoms with Crippen molar-refractivity contribution in [2.45, 2.75) is 6.92 Å². The van der Waals surface area contributed by atoms with Crippen LogP contribution in [0, 0.1) is 0 Å². The quantitative estimate of drug-likeness (QED) is 0.555. The first-order chi connectivity index (χ1) is 9.61. The number of aromatic nitrogens is 3. The first-order valence-corrected chi connectivity index (χ1v) is 6.80. The number of hydrogen-bond acceptors (Lipinski definition) is 5. The molecule has 0 radical (unpaired) electrons. The van der Waals surface area contributed by atoms with E-state index < -0.39 is 5.97 Å². The molecule has 0 spiro atoms. The molecule has 2 aromatic heterocycles. The summed E-state index contributed by atoms with van der Waals surface area (Å²) in [5.41, 5.74) is 8.74. The summed E-state index contributed by atoms with van der Waals surface area (Å²) in [6.07, 6.45) is 1.57. The number of halogens is 1. The zero-order valence-electron chi connectivity index (χ0n) is 10.6. The van der Waals surface area contributed by atoms with Crippen LogP contribution < -0.4 is 5.73 Å². The van der Waals surface area contributed by atoms with Gasteiger partial charge in [-0.25, -0.2) is 14.8 Å². The van der Waals surface area contributed by atoms with E-state index in [-0.39, 0.29) is 12.4 Å². The van der Waals surface area contributed by atoms with Crippen LogP contribution in [0.3, 0.4) is 0 Å². The minimum atomic E-state index is -0.538. The Morgan fingerprint density at radius 3 is 3.00 bits per heavy atom. The van der Waals surface area contributed by atoms with Crippen molar-refractivity contribution < 1.29 is 9.53 Å². The van der Waals surface area contributed by atoms with Gasteiger partial charge in [0, 0.05) is 16.6 Å². The van der Waals surface area contributed by atoms with Crippen molar-refractivity contribution in [2.75, 3.05) is 12.3 Å². The van der Waals surface area contributed by atoms with Crippen molar-refractivity contribution in [3.63, 3.8) is 0 Å². The van der Waals surface area contributed by atoms with E-state index in [9.17, 15) is 4.79 Å². The number of fused-ring (bicyclic) bond motifs is 3. The molecule has 0 atom stereocenters. The molecule has 102 valence electrons. The van der Waals surface area contributed by atoms with Crippen molar-refractivity contribution in [1.82, 2.24) is 15.0 Å². The number of carbonyl (C=O) groups is 1. The maximum absolute atomic E-state index is 11.7. The van der Waals surface area contributed by atoms with E-state index in [1.165, 1.54) is 0 Å². The number of nitrogens with one attached hydrogen (secondary N) is 1. The number of carbonyl (C=O) groups excluding carboxylic acids is 1. The second-order valence-corrected chi connectivity index (χ2v) is 4.99. The Labute approximate surface area is 122 Å². The van der Waals surface area contributed by atoms with Gasteiger partial charge in [-0.1, -0.05) is 0 Å². The number of anilines is 1. The highest BCUT2D eigenvalue weighted by molar-refractivity contribution is 9.10. The third-order valence-corrected chi connectivity index (χ3v) is 3.78. The molecule has 0 aliphatic heterocycles. The number of nitrogens with zero attached hydrogens (tertiary/aromatic N) is 2. The maximum Gasteiger partial charge on any atom is 0.376 e. The van der Waals surface area contributed by atoms with E-state index in [1.807, 2.05) is 6.07 Å². The lowest BCUT2D eigenvalue weighted by Crippen LogP contribution is -2.09. The normalized spacial score (nSPS) is 11.1. The second-order valence-electron chi connectivity index (χ2n) is 4.19. The van der Waals surface area contributed by atoms with Gasteiger partial charge >= 0.3 is 5.97 Å². The molecular weight excluding hydrogens is 324 g/mol. The molecule has 0 fully saturated rings. The van der Waals surface area contributed by atoms with Crippen LogP contribution in [-0.2, 0) is 4.74 Å². The first kappa shape index (κ1) is 12.9. The Morgan fingerprint density at radius 1 is 1.45 bits per heavy atom. The number of rotatable bonds is 2. The fraction of sp³-hybridized carbons (Fsp3) is 0.154. The number of nitrogens with two attached hydrogens (primary N) is 1. The summed E-state index contributed by atoms with van der Waals surface area (Å²) >= 11 is 3.45. The fourth-order valence-corrected chi connectivity index (χ4v) is 2.56. The summed E-state index contributed by atoms with van der Waals surface area (Å²) in [5, 5.41) is 0.827. The Bertz CT molecular complexity index is 828. The molecule has 7 heteroatoms. The Kier molecular flexibility index (Phi) is 3.06. The monoisotopic (exact) mass is 334 g/mol. The number of H-pyrrole nitrogens is 1. The van der Waals surface area contributed by atoms with Crippen LogP contribution in [0.4, 0.5) is 5.69 Å². The molecule has 3 aromatic rings. The van der Waals surface area contributed by atoms with Gasteiger partial charge < -0.3 is 15.5 Å². The first-order valence-electron chi connectivity index (χ1n) is 6.01.